The molecule has 0 aliphatic rings. The Hall–Kier alpha value is -5.74. The number of aromatic carboxylic acids is 3. The van der Waals surface area contributed by atoms with Crippen molar-refractivity contribution in [3.63, 3.8) is 0 Å². The fourth-order valence-electron chi connectivity index (χ4n) is 2.93. The topological polar surface area (TPSA) is 248 Å². The summed E-state index contributed by atoms with van der Waals surface area (Å²) in [7, 11) is 0. The summed E-state index contributed by atoms with van der Waals surface area (Å²) in [5, 5.41) is 52.6. The van der Waals surface area contributed by atoms with E-state index in [9.17, 15) is 19.2 Å². The average molecular weight is 732 g/mol. The number of benzene rings is 1. The van der Waals surface area contributed by atoms with Crippen molar-refractivity contribution < 1.29 is 59.1 Å². The molecule has 0 fully saturated rings. The molecule has 0 radical (unpaired) electrons. The van der Waals surface area contributed by atoms with E-state index in [1.54, 1.807) is 18.2 Å². The van der Waals surface area contributed by atoms with E-state index in [4.69, 9.17) is 30.9 Å². The number of hydrogen-bond acceptors (Lipinski definition) is 12. The molecule has 45 heavy (non-hydrogen) atoms. The third-order valence-electron chi connectivity index (χ3n) is 4.74. The van der Waals surface area contributed by atoms with Crippen molar-refractivity contribution in [2.24, 2.45) is 4.99 Å². The van der Waals surface area contributed by atoms with E-state index in [-0.39, 0.29) is 47.6 Å². The molecular formula is C28H18N6O8RuS2. The summed E-state index contributed by atoms with van der Waals surface area (Å²) in [4.78, 5) is 59.4. The van der Waals surface area contributed by atoms with E-state index < -0.39 is 23.9 Å². The first-order valence-electron chi connectivity index (χ1n) is 11.5. The van der Waals surface area contributed by atoms with Crippen LogP contribution in [0.2, 0.25) is 0 Å². The molecule has 0 saturated carbocycles. The molecule has 4 N–H and O–H groups in total. The van der Waals surface area contributed by atoms with Crippen LogP contribution in [0.4, 0.5) is 5.69 Å². The van der Waals surface area contributed by atoms with Crippen molar-refractivity contribution in [3.8, 4) is 22.2 Å². The zero-order valence-electron chi connectivity index (χ0n) is 22.4. The summed E-state index contributed by atoms with van der Waals surface area (Å²) in [5.74, 6) is -4.41. The Morgan fingerprint density at radius 2 is 1.09 bits per heavy atom. The van der Waals surface area contributed by atoms with Crippen molar-refractivity contribution >= 4 is 60.5 Å². The number of thiocyanates is 2. The van der Waals surface area contributed by atoms with Crippen LogP contribution in [-0.4, -0.2) is 65.0 Å². The van der Waals surface area contributed by atoms with Crippen LogP contribution in [-0.2, 0) is 49.5 Å². The number of aromatic nitrogens is 3. The average Bonchev–Trinajstić information content (AvgIpc) is 3.01. The molecular weight excluding hydrogens is 714 g/mol. The number of aliphatic imine (C=N–C) groups is 1. The van der Waals surface area contributed by atoms with E-state index in [2.05, 4.69) is 45.2 Å². The van der Waals surface area contributed by atoms with Gasteiger partial charge in [0, 0.05) is 18.6 Å². The maximum Gasteiger partial charge on any atom is 2.00 e. The SMILES string of the molecule is N#C[S-].N#C[S-].O=C(O)C(=Nc1ccc(C(=O)O)cc1)c1ccccn1.O=C(O)c1ccnc(-c2cc(C(=O)O)ccn2)c1.[Ru+2]. The molecule has 0 bridgehead atoms. The van der Waals surface area contributed by atoms with E-state index in [1.165, 1.54) is 77.9 Å². The van der Waals surface area contributed by atoms with E-state index >= 15 is 0 Å². The van der Waals surface area contributed by atoms with Gasteiger partial charge in [-0.25, -0.2) is 34.7 Å². The molecule has 0 aliphatic heterocycles. The Morgan fingerprint density at radius 3 is 1.44 bits per heavy atom. The number of hydrogen-bond donors (Lipinski definition) is 4. The fourth-order valence-corrected chi connectivity index (χ4v) is 2.93. The summed E-state index contributed by atoms with van der Waals surface area (Å²) in [5.41, 5.74) is 1.27. The first kappa shape index (κ1) is 39.3. The van der Waals surface area contributed by atoms with Crippen LogP contribution in [0.15, 0.2) is 90.3 Å². The minimum Gasteiger partial charge on any atom is -0.696 e. The van der Waals surface area contributed by atoms with Crippen LogP contribution >= 0.6 is 0 Å². The molecule has 0 spiro atoms. The molecule has 1 aromatic carbocycles. The van der Waals surface area contributed by atoms with Gasteiger partial charge in [-0.2, -0.15) is 0 Å². The molecule has 3 aromatic heterocycles. The van der Waals surface area contributed by atoms with Crippen LogP contribution in [0.5, 0.6) is 0 Å². The van der Waals surface area contributed by atoms with Crippen molar-refractivity contribution in [1.82, 2.24) is 15.0 Å². The quantitative estimate of drug-likeness (QED) is 0.0918. The van der Waals surface area contributed by atoms with Gasteiger partial charge in [0.1, 0.15) is 0 Å². The van der Waals surface area contributed by atoms with Gasteiger partial charge in [-0.3, -0.25) is 15.0 Å². The standard InChI is InChI=1S/C14H10N2O4.C12H8N2O4.2CHNS.Ru/c17-13(18)9-4-6-10(7-5-9)16-12(14(19)20)11-3-1-2-8-15-11;15-11(16)7-1-3-13-9(5-7)10-6-8(12(17)18)2-4-14-10;2*2-1-3;/h1-8H,(H,17,18)(H,19,20);1-6H,(H,15,16)(H,17,18);2*3H;/q;;;;+2/p-2. The monoisotopic (exact) mass is 732 g/mol. The third-order valence-corrected chi connectivity index (χ3v) is 4.74. The van der Waals surface area contributed by atoms with Gasteiger partial charge in [0.25, 0.3) is 0 Å². The fraction of sp³-hybridized carbons (Fsp3) is 0. The van der Waals surface area contributed by atoms with E-state index in [0.717, 1.165) is 0 Å². The molecule has 0 saturated heterocycles. The van der Waals surface area contributed by atoms with Crippen molar-refractivity contribution in [2.75, 3.05) is 0 Å². The predicted molar refractivity (Wildman–Crippen MR) is 159 cm³/mol. The molecule has 4 rings (SSSR count). The molecule has 0 amide bonds. The molecule has 3 heterocycles. The van der Waals surface area contributed by atoms with Crippen molar-refractivity contribution in [3.05, 3.63) is 108 Å². The number of carboxylic acids is 4. The first-order valence-corrected chi connectivity index (χ1v) is 12.3. The van der Waals surface area contributed by atoms with Gasteiger partial charge in [-0.1, -0.05) is 16.9 Å². The number of pyridine rings is 3. The maximum absolute atomic E-state index is 11.2. The van der Waals surface area contributed by atoms with Crippen LogP contribution in [0.3, 0.4) is 0 Å². The predicted octanol–water partition coefficient (Wildman–Crippen LogP) is 3.55. The Bertz CT molecular complexity index is 1660. The minimum absolute atomic E-state index is 0. The van der Waals surface area contributed by atoms with Gasteiger partial charge in [0.05, 0.1) is 39.5 Å². The van der Waals surface area contributed by atoms with E-state index in [0.29, 0.717) is 17.1 Å². The molecule has 0 atom stereocenters. The third kappa shape index (κ3) is 13.9. The van der Waals surface area contributed by atoms with Gasteiger partial charge in [-0.15, -0.1) is 0 Å². The largest absolute Gasteiger partial charge is 2.00 e. The molecule has 0 aliphatic carbocycles. The number of nitrogens with zero attached hydrogens (tertiary/aromatic N) is 6. The summed E-state index contributed by atoms with van der Waals surface area (Å²) < 4.78 is 0. The van der Waals surface area contributed by atoms with Crippen LogP contribution in [0.25, 0.3) is 11.4 Å². The number of carboxylic acid groups (broad SMARTS) is 4. The number of carbonyl (C=O) groups is 4. The van der Waals surface area contributed by atoms with Crippen LogP contribution in [0, 0.1) is 21.3 Å². The second-order valence-electron chi connectivity index (χ2n) is 7.48. The van der Waals surface area contributed by atoms with Gasteiger partial charge in [-0.05, 0) is 60.7 Å². The van der Waals surface area contributed by atoms with Gasteiger partial charge >= 0.3 is 43.4 Å². The summed E-state index contributed by atoms with van der Waals surface area (Å²) in [6.07, 6.45) is 4.16. The summed E-state index contributed by atoms with van der Waals surface area (Å²) in [6.45, 7) is 0. The van der Waals surface area contributed by atoms with E-state index in [1.807, 2.05) is 0 Å². The number of rotatable bonds is 7. The maximum atomic E-state index is 11.2. The molecule has 17 heteroatoms. The molecule has 4 aromatic rings. The van der Waals surface area contributed by atoms with Crippen molar-refractivity contribution in [2.45, 2.75) is 0 Å². The first-order chi connectivity index (χ1) is 21.0. The Labute approximate surface area is 279 Å². The summed E-state index contributed by atoms with van der Waals surface area (Å²) in [6, 6.07) is 15.9. The zero-order chi connectivity index (χ0) is 33.1. The Morgan fingerprint density at radius 1 is 0.644 bits per heavy atom. The molecule has 14 nitrogen and oxygen atoms in total. The smallest absolute Gasteiger partial charge is 0.696 e. The normalized spacial score (nSPS) is 9.24. The number of nitriles is 2. The van der Waals surface area contributed by atoms with Crippen LogP contribution < -0.4 is 0 Å². The number of aliphatic carboxylic acids is 1. The second kappa shape index (κ2) is 21.0. The van der Waals surface area contributed by atoms with Gasteiger partial charge < -0.3 is 45.7 Å². The zero-order valence-corrected chi connectivity index (χ0v) is 25.7. The molecule has 0 unspecified atom stereocenters. The second-order valence-corrected chi connectivity index (χ2v) is 7.85. The Kier molecular flexibility index (Phi) is 18.3. The van der Waals surface area contributed by atoms with Crippen LogP contribution in [0.1, 0.15) is 36.8 Å². The van der Waals surface area contributed by atoms with Gasteiger partial charge in [0.15, 0.2) is 5.71 Å². The van der Waals surface area contributed by atoms with Crippen molar-refractivity contribution in [1.29, 1.82) is 10.5 Å². The summed E-state index contributed by atoms with van der Waals surface area (Å²) >= 11 is 7.40. The Balaban J connectivity index is 0.000000721. The molecule has 228 valence electrons. The minimum atomic E-state index is -1.20. The van der Waals surface area contributed by atoms with Gasteiger partial charge in [0.2, 0.25) is 0 Å².